The van der Waals surface area contributed by atoms with Crippen LogP contribution in [0.15, 0.2) is 0 Å². The molecule has 2 fully saturated rings. The van der Waals surface area contributed by atoms with Crippen molar-refractivity contribution < 1.29 is 19.8 Å². The van der Waals surface area contributed by atoms with Gasteiger partial charge in [-0.1, -0.05) is 0 Å². The molecule has 0 unspecified atom stereocenters. The number of hydrogen-bond acceptors (Lipinski definition) is 4. The van der Waals surface area contributed by atoms with E-state index in [0.29, 0.717) is 0 Å². The van der Waals surface area contributed by atoms with Crippen LogP contribution in [0, 0.1) is 17.3 Å². The summed E-state index contributed by atoms with van der Waals surface area (Å²) in [5.74, 6) is -1.74. The zero-order valence-electron chi connectivity index (χ0n) is 19.6. The number of carboxylic acid groups (broad SMARTS) is 2. The molecule has 0 aliphatic carbocycles. The lowest BCUT2D eigenvalue weighted by Gasteiger charge is -2.58. The minimum atomic E-state index is -0.894. The number of nitrogens with one attached hydrogen (secondary N) is 2. The molecule has 6 heteroatoms. The van der Waals surface area contributed by atoms with Crippen molar-refractivity contribution in [1.82, 2.24) is 10.6 Å². The summed E-state index contributed by atoms with van der Waals surface area (Å²) in [5.41, 5.74) is -1.47. The van der Waals surface area contributed by atoms with Gasteiger partial charge in [0.15, 0.2) is 0 Å². The summed E-state index contributed by atoms with van der Waals surface area (Å²) >= 11 is 0. The minimum Gasteiger partial charge on any atom is -0.481 e. The largest absolute Gasteiger partial charge is 0.481 e. The zero-order valence-corrected chi connectivity index (χ0v) is 19.6. The molecule has 0 amide bonds. The van der Waals surface area contributed by atoms with E-state index in [0.717, 1.165) is 25.7 Å². The third-order valence-corrected chi connectivity index (χ3v) is 6.97. The third-order valence-electron chi connectivity index (χ3n) is 6.97. The third kappa shape index (κ3) is 5.94. The van der Waals surface area contributed by atoms with E-state index in [9.17, 15) is 19.8 Å². The van der Waals surface area contributed by atoms with Gasteiger partial charge in [0.25, 0.3) is 0 Å². The standard InChI is InChI=1S/C23H42N2O4/c1-19(2)9-15(10-20(3,4)24-19)23(13-17(26)27,14-18(28)29)16-11-21(5,6)25-22(7,8)12-16/h15-16,24-25H,9-14H2,1-8H3,(H,26,27)(H,28,29). The van der Waals surface area contributed by atoms with Crippen molar-refractivity contribution in [3.63, 3.8) is 0 Å². The number of rotatable bonds is 6. The first kappa shape index (κ1) is 24.1. The topological polar surface area (TPSA) is 98.7 Å². The number of aliphatic carboxylic acids is 2. The smallest absolute Gasteiger partial charge is 0.303 e. The molecule has 2 aliphatic rings. The van der Waals surface area contributed by atoms with Gasteiger partial charge in [-0.3, -0.25) is 9.59 Å². The van der Waals surface area contributed by atoms with Gasteiger partial charge in [-0.25, -0.2) is 0 Å². The van der Waals surface area contributed by atoms with Crippen molar-refractivity contribution in [3.05, 3.63) is 0 Å². The summed E-state index contributed by atoms with van der Waals surface area (Å²) in [7, 11) is 0. The Bertz CT molecular complexity index is 563. The highest BCUT2D eigenvalue weighted by Crippen LogP contribution is 2.56. The lowest BCUT2D eigenvalue weighted by molar-refractivity contribution is -0.154. The molecular formula is C23H42N2O4. The second-order valence-corrected chi connectivity index (χ2v) is 12.4. The Labute approximate surface area is 176 Å². The molecule has 0 spiro atoms. The molecule has 29 heavy (non-hydrogen) atoms. The van der Waals surface area contributed by atoms with E-state index in [2.05, 4.69) is 66.0 Å². The number of hydrogen-bond donors (Lipinski definition) is 4. The molecule has 0 atom stereocenters. The van der Waals surface area contributed by atoms with E-state index in [1.807, 2.05) is 0 Å². The van der Waals surface area contributed by atoms with Crippen molar-refractivity contribution in [2.24, 2.45) is 17.3 Å². The van der Waals surface area contributed by atoms with Crippen LogP contribution in [0.2, 0.25) is 0 Å². The lowest BCUT2D eigenvalue weighted by atomic mass is 9.52. The van der Waals surface area contributed by atoms with Gasteiger partial charge < -0.3 is 20.8 Å². The highest BCUT2D eigenvalue weighted by atomic mass is 16.4. The summed E-state index contributed by atoms with van der Waals surface area (Å²) in [6.07, 6.45) is 2.94. The summed E-state index contributed by atoms with van der Waals surface area (Å²) < 4.78 is 0. The molecule has 0 saturated carbocycles. The van der Waals surface area contributed by atoms with Gasteiger partial charge in [0.2, 0.25) is 0 Å². The van der Waals surface area contributed by atoms with E-state index in [-0.39, 0.29) is 46.8 Å². The van der Waals surface area contributed by atoms with Crippen LogP contribution in [-0.2, 0) is 9.59 Å². The second kappa shape index (κ2) is 7.52. The van der Waals surface area contributed by atoms with Gasteiger partial charge >= 0.3 is 11.9 Å². The average Bonchev–Trinajstić information content (AvgIpc) is 2.38. The molecule has 0 radical (unpaired) electrons. The Kier molecular flexibility index (Phi) is 6.26. The Morgan fingerprint density at radius 2 is 0.931 bits per heavy atom. The van der Waals surface area contributed by atoms with E-state index in [1.54, 1.807) is 0 Å². The average molecular weight is 411 g/mol. The predicted octanol–water partition coefficient (Wildman–Crippen LogP) is 4.04. The zero-order chi connectivity index (χ0) is 22.5. The van der Waals surface area contributed by atoms with Crippen LogP contribution >= 0.6 is 0 Å². The van der Waals surface area contributed by atoms with Crippen LogP contribution < -0.4 is 10.6 Å². The van der Waals surface area contributed by atoms with Gasteiger partial charge in [-0.15, -0.1) is 0 Å². The lowest BCUT2D eigenvalue weighted by Crippen LogP contribution is -2.64. The molecule has 0 aromatic rings. The summed E-state index contributed by atoms with van der Waals surface area (Å²) in [6, 6.07) is 0. The normalized spacial score (nSPS) is 26.8. The monoisotopic (exact) mass is 410 g/mol. The van der Waals surface area contributed by atoms with Crippen LogP contribution in [0.1, 0.15) is 93.9 Å². The highest BCUT2D eigenvalue weighted by Gasteiger charge is 2.56. The molecule has 2 heterocycles. The van der Waals surface area contributed by atoms with Crippen LogP contribution in [0.3, 0.4) is 0 Å². The van der Waals surface area contributed by atoms with Crippen molar-refractivity contribution in [3.8, 4) is 0 Å². The van der Waals surface area contributed by atoms with E-state index >= 15 is 0 Å². The molecular weight excluding hydrogens is 368 g/mol. The second-order valence-electron chi connectivity index (χ2n) is 12.4. The van der Waals surface area contributed by atoms with Crippen molar-refractivity contribution in [2.75, 3.05) is 0 Å². The Balaban J connectivity index is 2.61. The van der Waals surface area contributed by atoms with Crippen molar-refractivity contribution >= 4 is 11.9 Å². The fraction of sp³-hybridized carbons (Fsp3) is 0.913. The molecule has 0 aromatic heterocycles. The molecule has 2 aliphatic heterocycles. The van der Waals surface area contributed by atoms with E-state index in [1.165, 1.54) is 0 Å². The summed E-state index contributed by atoms with van der Waals surface area (Å²) in [6.45, 7) is 17.1. The first-order chi connectivity index (χ1) is 12.9. The fourth-order valence-corrected chi connectivity index (χ4v) is 6.99. The highest BCUT2D eigenvalue weighted by molar-refractivity contribution is 5.72. The predicted molar refractivity (Wildman–Crippen MR) is 115 cm³/mol. The van der Waals surface area contributed by atoms with Gasteiger partial charge in [0.05, 0.1) is 12.8 Å². The van der Waals surface area contributed by atoms with Crippen LogP contribution in [0.5, 0.6) is 0 Å². The first-order valence-electron chi connectivity index (χ1n) is 10.9. The maximum absolute atomic E-state index is 12.1. The maximum atomic E-state index is 12.1. The minimum absolute atomic E-state index is 0.0237. The molecule has 6 nitrogen and oxygen atoms in total. The molecule has 2 rings (SSSR count). The Morgan fingerprint density at radius 3 is 1.14 bits per heavy atom. The van der Waals surface area contributed by atoms with Gasteiger partial charge in [-0.2, -0.15) is 0 Å². The van der Waals surface area contributed by atoms with Crippen LogP contribution in [0.4, 0.5) is 0 Å². The number of piperidine rings is 2. The summed E-state index contributed by atoms with van der Waals surface area (Å²) in [5, 5.41) is 27.2. The van der Waals surface area contributed by atoms with Gasteiger partial charge in [-0.05, 0) is 98.3 Å². The van der Waals surface area contributed by atoms with Crippen molar-refractivity contribution in [1.29, 1.82) is 0 Å². The van der Waals surface area contributed by atoms with Crippen molar-refractivity contribution in [2.45, 2.75) is 116 Å². The maximum Gasteiger partial charge on any atom is 0.303 e. The Morgan fingerprint density at radius 1 is 0.690 bits per heavy atom. The van der Waals surface area contributed by atoms with Crippen LogP contribution in [-0.4, -0.2) is 44.3 Å². The Hall–Kier alpha value is -1.14. The molecule has 4 N–H and O–H groups in total. The van der Waals surface area contributed by atoms with Crippen LogP contribution in [0.25, 0.3) is 0 Å². The number of carboxylic acids is 2. The molecule has 0 bridgehead atoms. The van der Waals surface area contributed by atoms with E-state index in [4.69, 9.17) is 0 Å². The summed E-state index contributed by atoms with van der Waals surface area (Å²) in [4.78, 5) is 24.2. The number of carbonyl (C=O) groups is 2. The fourth-order valence-electron chi connectivity index (χ4n) is 6.99. The molecule has 0 aromatic carbocycles. The quantitative estimate of drug-likeness (QED) is 0.528. The van der Waals surface area contributed by atoms with E-state index < -0.39 is 17.4 Å². The van der Waals surface area contributed by atoms with Gasteiger partial charge in [0.1, 0.15) is 0 Å². The van der Waals surface area contributed by atoms with Gasteiger partial charge in [0, 0.05) is 22.2 Å². The molecule has 168 valence electrons. The SMILES string of the molecule is CC1(C)CC(C(CC(=O)O)(CC(=O)O)C2CC(C)(C)NC(C)(C)C2)CC(C)(C)N1. The molecule has 2 saturated heterocycles. The first-order valence-corrected chi connectivity index (χ1v) is 10.9.